The highest BCUT2D eigenvalue weighted by atomic mass is 16.6. The second-order valence-corrected chi connectivity index (χ2v) is 4.96. The van der Waals surface area contributed by atoms with E-state index in [-0.39, 0.29) is 5.91 Å². The van der Waals surface area contributed by atoms with Crippen molar-refractivity contribution >= 4 is 5.91 Å². The van der Waals surface area contributed by atoms with Crippen LogP contribution in [0.1, 0.15) is 21.8 Å². The lowest BCUT2D eigenvalue weighted by Crippen LogP contribution is -2.26. The fourth-order valence-electron chi connectivity index (χ4n) is 2.19. The zero-order chi connectivity index (χ0) is 14.8. The number of ether oxygens (including phenoxy) is 2. The standard InChI is InChI=1S/C15H16N2O4/c1-10-7-12(16-21-10)15(18)17(2)9-11-3-4-13-14(8-11)20-6-5-19-13/h3-4,7-8H,5-6,9H2,1-2H3. The Morgan fingerprint density at radius 1 is 1.24 bits per heavy atom. The van der Waals surface area contributed by atoms with E-state index < -0.39 is 0 Å². The Morgan fingerprint density at radius 3 is 2.71 bits per heavy atom. The molecule has 2 aromatic rings. The van der Waals surface area contributed by atoms with E-state index in [1.165, 1.54) is 0 Å². The van der Waals surface area contributed by atoms with E-state index in [1.807, 2.05) is 18.2 Å². The molecular formula is C15H16N2O4. The van der Waals surface area contributed by atoms with E-state index in [0.717, 1.165) is 17.1 Å². The van der Waals surface area contributed by atoms with Crippen molar-refractivity contribution in [3.63, 3.8) is 0 Å². The average Bonchev–Trinajstić information content (AvgIpc) is 2.93. The van der Waals surface area contributed by atoms with Crippen LogP contribution in [0.4, 0.5) is 0 Å². The van der Waals surface area contributed by atoms with Crippen LogP contribution in [0.5, 0.6) is 11.5 Å². The van der Waals surface area contributed by atoms with Gasteiger partial charge in [-0.1, -0.05) is 11.2 Å². The summed E-state index contributed by atoms with van der Waals surface area (Å²) in [4.78, 5) is 13.8. The van der Waals surface area contributed by atoms with Crippen LogP contribution in [0.15, 0.2) is 28.8 Å². The number of hydrogen-bond acceptors (Lipinski definition) is 5. The fourth-order valence-corrected chi connectivity index (χ4v) is 2.19. The van der Waals surface area contributed by atoms with Crippen molar-refractivity contribution in [3.8, 4) is 11.5 Å². The summed E-state index contributed by atoms with van der Waals surface area (Å²) in [5, 5.41) is 3.74. The molecule has 1 aliphatic heterocycles. The second-order valence-electron chi connectivity index (χ2n) is 4.96. The molecule has 0 spiro atoms. The molecule has 6 heteroatoms. The molecule has 6 nitrogen and oxygen atoms in total. The molecule has 0 N–H and O–H groups in total. The molecule has 1 aromatic heterocycles. The van der Waals surface area contributed by atoms with Gasteiger partial charge in [0, 0.05) is 19.7 Å². The van der Waals surface area contributed by atoms with E-state index in [4.69, 9.17) is 14.0 Å². The molecule has 0 fully saturated rings. The van der Waals surface area contributed by atoms with Crippen molar-refractivity contribution < 1.29 is 18.8 Å². The van der Waals surface area contributed by atoms with Gasteiger partial charge in [0.1, 0.15) is 19.0 Å². The zero-order valence-corrected chi connectivity index (χ0v) is 12.0. The number of fused-ring (bicyclic) bond motifs is 1. The lowest BCUT2D eigenvalue weighted by Gasteiger charge is -2.20. The number of hydrogen-bond donors (Lipinski definition) is 0. The van der Waals surface area contributed by atoms with Gasteiger partial charge >= 0.3 is 0 Å². The normalized spacial score (nSPS) is 13.0. The van der Waals surface area contributed by atoms with Gasteiger partial charge < -0.3 is 18.9 Å². The molecule has 21 heavy (non-hydrogen) atoms. The van der Waals surface area contributed by atoms with Crippen molar-refractivity contribution in [3.05, 3.63) is 41.3 Å². The minimum absolute atomic E-state index is 0.179. The molecule has 3 rings (SSSR count). The van der Waals surface area contributed by atoms with Gasteiger partial charge in [-0.05, 0) is 24.6 Å². The van der Waals surface area contributed by atoms with E-state index in [2.05, 4.69) is 5.16 Å². The van der Waals surface area contributed by atoms with Crippen molar-refractivity contribution in [1.29, 1.82) is 0 Å². The number of nitrogens with zero attached hydrogens (tertiary/aromatic N) is 2. The molecule has 0 atom stereocenters. The third-order valence-corrected chi connectivity index (χ3v) is 3.22. The molecule has 1 amide bonds. The smallest absolute Gasteiger partial charge is 0.276 e. The summed E-state index contributed by atoms with van der Waals surface area (Å²) in [5.41, 5.74) is 1.28. The van der Waals surface area contributed by atoms with E-state index in [0.29, 0.717) is 31.2 Å². The van der Waals surface area contributed by atoms with Crippen molar-refractivity contribution in [2.45, 2.75) is 13.5 Å². The Morgan fingerprint density at radius 2 is 2.00 bits per heavy atom. The SMILES string of the molecule is Cc1cc(C(=O)N(C)Cc2ccc3c(c2)OCCO3)no1. The Kier molecular flexibility index (Phi) is 3.51. The highest BCUT2D eigenvalue weighted by Gasteiger charge is 2.17. The minimum Gasteiger partial charge on any atom is -0.486 e. The molecule has 0 aliphatic carbocycles. The van der Waals surface area contributed by atoms with Gasteiger partial charge in [-0.2, -0.15) is 0 Å². The van der Waals surface area contributed by atoms with Gasteiger partial charge in [0.25, 0.3) is 5.91 Å². The molecule has 0 radical (unpaired) electrons. The first-order chi connectivity index (χ1) is 10.1. The summed E-state index contributed by atoms with van der Waals surface area (Å²) in [6, 6.07) is 7.31. The van der Waals surface area contributed by atoms with Crippen LogP contribution < -0.4 is 9.47 Å². The first-order valence-electron chi connectivity index (χ1n) is 6.71. The number of aryl methyl sites for hydroxylation is 1. The number of rotatable bonds is 3. The molecular weight excluding hydrogens is 272 g/mol. The van der Waals surface area contributed by atoms with Crippen LogP contribution in [0.25, 0.3) is 0 Å². The summed E-state index contributed by atoms with van der Waals surface area (Å²) in [7, 11) is 1.73. The Bertz CT molecular complexity index is 665. The third kappa shape index (κ3) is 2.84. The Balaban J connectivity index is 1.72. The van der Waals surface area contributed by atoms with Gasteiger partial charge in [0.2, 0.25) is 0 Å². The zero-order valence-electron chi connectivity index (χ0n) is 12.0. The lowest BCUT2D eigenvalue weighted by molar-refractivity contribution is 0.0774. The predicted octanol–water partition coefficient (Wildman–Crippen LogP) is 2.03. The number of amides is 1. The molecule has 0 saturated heterocycles. The predicted molar refractivity (Wildman–Crippen MR) is 74.5 cm³/mol. The van der Waals surface area contributed by atoms with Crippen molar-refractivity contribution in [1.82, 2.24) is 10.1 Å². The molecule has 2 heterocycles. The lowest BCUT2D eigenvalue weighted by atomic mass is 10.2. The van der Waals surface area contributed by atoms with Crippen LogP contribution >= 0.6 is 0 Å². The third-order valence-electron chi connectivity index (χ3n) is 3.22. The number of aromatic nitrogens is 1. The number of carbonyl (C=O) groups excluding carboxylic acids is 1. The summed E-state index contributed by atoms with van der Waals surface area (Å²) in [5.74, 6) is 1.90. The average molecular weight is 288 g/mol. The molecule has 1 aromatic carbocycles. The van der Waals surface area contributed by atoms with Crippen LogP contribution in [0, 0.1) is 6.92 Å². The van der Waals surface area contributed by atoms with Crippen LogP contribution in [0.3, 0.4) is 0 Å². The maximum absolute atomic E-state index is 12.2. The van der Waals surface area contributed by atoms with Gasteiger partial charge in [-0.3, -0.25) is 4.79 Å². The van der Waals surface area contributed by atoms with Crippen LogP contribution in [-0.2, 0) is 6.54 Å². The summed E-state index contributed by atoms with van der Waals surface area (Å²) >= 11 is 0. The topological polar surface area (TPSA) is 64.8 Å². The molecule has 110 valence electrons. The summed E-state index contributed by atoms with van der Waals surface area (Å²) < 4.78 is 15.9. The molecule has 0 bridgehead atoms. The monoisotopic (exact) mass is 288 g/mol. The van der Waals surface area contributed by atoms with E-state index in [1.54, 1.807) is 24.9 Å². The molecule has 0 saturated carbocycles. The van der Waals surface area contributed by atoms with Crippen LogP contribution in [0.2, 0.25) is 0 Å². The highest BCUT2D eigenvalue weighted by molar-refractivity contribution is 5.92. The van der Waals surface area contributed by atoms with Gasteiger partial charge in [0.05, 0.1) is 0 Å². The quantitative estimate of drug-likeness (QED) is 0.864. The molecule has 0 unspecified atom stereocenters. The first-order valence-corrected chi connectivity index (χ1v) is 6.71. The van der Waals surface area contributed by atoms with Gasteiger partial charge in [0.15, 0.2) is 17.2 Å². The Labute approximate surface area is 122 Å². The van der Waals surface area contributed by atoms with E-state index in [9.17, 15) is 4.79 Å². The van der Waals surface area contributed by atoms with Crippen LogP contribution in [-0.4, -0.2) is 36.2 Å². The maximum atomic E-state index is 12.2. The Hall–Kier alpha value is -2.50. The van der Waals surface area contributed by atoms with Gasteiger partial charge in [-0.15, -0.1) is 0 Å². The van der Waals surface area contributed by atoms with E-state index >= 15 is 0 Å². The molecule has 1 aliphatic rings. The van der Waals surface area contributed by atoms with Gasteiger partial charge in [-0.25, -0.2) is 0 Å². The summed E-state index contributed by atoms with van der Waals surface area (Å²) in [6.45, 7) is 3.33. The van der Waals surface area contributed by atoms with Crippen molar-refractivity contribution in [2.24, 2.45) is 0 Å². The second kappa shape index (κ2) is 5.47. The summed E-state index contributed by atoms with van der Waals surface area (Å²) in [6.07, 6.45) is 0. The van der Waals surface area contributed by atoms with Crippen molar-refractivity contribution in [2.75, 3.05) is 20.3 Å². The largest absolute Gasteiger partial charge is 0.486 e. The fraction of sp³-hybridized carbons (Fsp3) is 0.333. The maximum Gasteiger partial charge on any atom is 0.276 e. The first kappa shape index (κ1) is 13.5. The number of benzene rings is 1. The highest BCUT2D eigenvalue weighted by Crippen LogP contribution is 2.31. The minimum atomic E-state index is -0.179. The number of carbonyl (C=O) groups is 1.